The third kappa shape index (κ3) is 4.04. The highest BCUT2D eigenvalue weighted by Gasteiger charge is 2.59. The predicted octanol–water partition coefficient (Wildman–Crippen LogP) is 10.6. The Bertz CT molecular complexity index is 572. The van der Waals surface area contributed by atoms with Gasteiger partial charge >= 0.3 is 0 Å². The zero-order chi connectivity index (χ0) is 23.2. The lowest BCUT2D eigenvalue weighted by Gasteiger charge is -2.53. The Morgan fingerprint density at radius 3 is 0.971 bits per heavy atom. The van der Waals surface area contributed by atoms with Crippen molar-refractivity contribution in [2.45, 2.75) is 164 Å². The Balaban J connectivity index is 1.30. The summed E-state index contributed by atoms with van der Waals surface area (Å²) in [4.78, 5) is 0. The van der Waals surface area contributed by atoms with Crippen LogP contribution >= 0.6 is 15.8 Å². The van der Waals surface area contributed by atoms with Crippen molar-refractivity contribution >= 4 is 15.8 Å². The molecule has 0 aromatic carbocycles. The van der Waals surface area contributed by atoms with Gasteiger partial charge < -0.3 is 0 Å². The van der Waals surface area contributed by atoms with Gasteiger partial charge in [0.1, 0.15) is 0 Å². The van der Waals surface area contributed by atoms with Crippen LogP contribution in [-0.4, -0.2) is 34.0 Å². The van der Waals surface area contributed by atoms with Gasteiger partial charge in [-0.25, -0.2) is 0 Å². The number of hydrogen-bond acceptors (Lipinski definition) is 0. The van der Waals surface area contributed by atoms with Crippen LogP contribution in [-0.2, 0) is 0 Å². The van der Waals surface area contributed by atoms with E-state index in [1.54, 1.807) is 141 Å². The zero-order valence-electron chi connectivity index (χ0n) is 22.9. The van der Waals surface area contributed by atoms with Gasteiger partial charge in [-0.15, -0.1) is 0 Å². The third-order valence-electron chi connectivity index (χ3n) is 13.0. The van der Waals surface area contributed by atoms with Crippen molar-refractivity contribution in [3.05, 3.63) is 0 Å². The molecule has 6 rings (SSSR count). The van der Waals surface area contributed by atoms with Crippen LogP contribution in [0.5, 0.6) is 0 Å². The molecule has 6 fully saturated rings. The molecule has 2 saturated heterocycles. The minimum Gasteiger partial charge on any atom is -0.0962 e. The summed E-state index contributed by atoms with van der Waals surface area (Å²) in [6, 6.07) is 0. The summed E-state index contributed by atoms with van der Waals surface area (Å²) < 4.78 is 0. The van der Waals surface area contributed by atoms with Crippen LogP contribution in [0.1, 0.15) is 142 Å². The molecule has 4 atom stereocenters. The monoisotopic (exact) mass is 502 g/mol. The van der Waals surface area contributed by atoms with E-state index in [2.05, 4.69) is 13.8 Å². The molecule has 0 amide bonds. The van der Waals surface area contributed by atoms with Crippen molar-refractivity contribution in [1.29, 1.82) is 0 Å². The molecule has 0 N–H and O–H groups in total. The summed E-state index contributed by atoms with van der Waals surface area (Å²) >= 11 is 0. The van der Waals surface area contributed by atoms with Crippen LogP contribution in [0.2, 0.25) is 0 Å². The highest BCUT2D eigenvalue weighted by atomic mass is 31.1. The van der Waals surface area contributed by atoms with Crippen molar-refractivity contribution in [1.82, 2.24) is 0 Å². The minimum absolute atomic E-state index is 0.219. The van der Waals surface area contributed by atoms with Gasteiger partial charge in [0, 0.05) is 0 Å². The van der Waals surface area contributed by atoms with Crippen LogP contribution in [0.15, 0.2) is 0 Å². The maximum absolute atomic E-state index is 2.86. The molecule has 0 nitrogen and oxygen atoms in total. The van der Waals surface area contributed by atoms with Crippen LogP contribution in [0.4, 0.5) is 0 Å². The highest BCUT2D eigenvalue weighted by Crippen LogP contribution is 2.77. The van der Waals surface area contributed by atoms with E-state index in [0.29, 0.717) is 0 Å². The SMILES string of the molecule is CC(C(C)P1CCCC1(C1CCCC1)C1CCCC1)P1CCCC1(C1CCCC1)C1CCCC1. The van der Waals surface area contributed by atoms with Gasteiger partial charge in [-0.2, -0.15) is 0 Å². The first kappa shape index (κ1) is 25.2. The molecule has 0 spiro atoms. The second-order valence-corrected chi connectivity index (χ2v) is 20.1. The van der Waals surface area contributed by atoms with E-state index >= 15 is 0 Å². The molecule has 2 heterocycles. The van der Waals surface area contributed by atoms with Crippen LogP contribution < -0.4 is 0 Å². The Morgan fingerprint density at radius 2 is 0.706 bits per heavy atom. The van der Waals surface area contributed by atoms with Gasteiger partial charge in [-0.05, 0) is 135 Å². The first-order chi connectivity index (χ1) is 16.7. The maximum Gasteiger partial charge on any atom is -0.00353 e. The topological polar surface area (TPSA) is 0 Å². The summed E-state index contributed by atoms with van der Waals surface area (Å²) in [5.74, 6) is 4.52. The second kappa shape index (κ2) is 10.6. The van der Waals surface area contributed by atoms with E-state index in [9.17, 15) is 0 Å². The van der Waals surface area contributed by atoms with E-state index < -0.39 is 0 Å². The fourth-order valence-corrected chi connectivity index (χ4v) is 21.5. The van der Waals surface area contributed by atoms with Crippen molar-refractivity contribution in [2.24, 2.45) is 23.7 Å². The first-order valence-electron chi connectivity index (χ1n) is 16.2. The molecular weight excluding hydrogens is 446 g/mol. The molecule has 0 bridgehead atoms. The van der Waals surface area contributed by atoms with Crippen molar-refractivity contribution in [3.63, 3.8) is 0 Å². The quantitative estimate of drug-likeness (QED) is 0.304. The Hall–Kier alpha value is 0.860. The lowest BCUT2D eigenvalue weighted by Crippen LogP contribution is -2.45. The second-order valence-electron chi connectivity index (χ2n) is 14.0. The van der Waals surface area contributed by atoms with Gasteiger partial charge in [0.2, 0.25) is 0 Å². The molecule has 4 saturated carbocycles. The van der Waals surface area contributed by atoms with E-state index in [1.165, 1.54) is 0 Å². The molecule has 2 aliphatic heterocycles. The lowest BCUT2D eigenvalue weighted by molar-refractivity contribution is 0.256. The fourth-order valence-electron chi connectivity index (χ4n) is 11.6. The highest BCUT2D eigenvalue weighted by molar-refractivity contribution is 7.64. The van der Waals surface area contributed by atoms with Crippen molar-refractivity contribution < 1.29 is 0 Å². The Kier molecular flexibility index (Phi) is 7.81. The standard InChI is InChI=1S/C32H56P2/c1-25(33-23-11-21-31(33,27-13-3-4-14-27)28-15-5-6-16-28)26(2)34-24-12-22-32(34,29-17-7-8-18-29)30-19-9-10-20-30/h25-30H,3-24H2,1-2H3. The molecule has 4 aliphatic carbocycles. The van der Waals surface area contributed by atoms with Gasteiger partial charge in [0.05, 0.1) is 0 Å². The fraction of sp³-hybridized carbons (Fsp3) is 1.00. The average Bonchev–Trinajstić information content (AvgIpc) is 3.69. The van der Waals surface area contributed by atoms with Gasteiger partial charge in [0.25, 0.3) is 0 Å². The third-order valence-corrected chi connectivity index (χ3v) is 21.7. The number of rotatable bonds is 7. The van der Waals surface area contributed by atoms with E-state index in [-0.39, 0.29) is 15.8 Å². The largest absolute Gasteiger partial charge is 0.0962 e. The zero-order valence-corrected chi connectivity index (χ0v) is 24.7. The number of hydrogen-bond donors (Lipinski definition) is 0. The molecule has 0 radical (unpaired) electrons. The minimum atomic E-state index is 0.219. The molecule has 0 aromatic rings. The molecule has 2 heteroatoms. The first-order valence-corrected chi connectivity index (χ1v) is 19.4. The summed E-state index contributed by atoms with van der Waals surface area (Å²) in [7, 11) is 0.438. The Morgan fingerprint density at radius 1 is 0.441 bits per heavy atom. The summed E-state index contributed by atoms with van der Waals surface area (Å²) in [5, 5.41) is 1.66. The molecule has 0 aromatic heterocycles. The smallest absolute Gasteiger partial charge is 0.00353 e. The van der Waals surface area contributed by atoms with Gasteiger partial charge in [-0.3, -0.25) is 0 Å². The summed E-state index contributed by atoms with van der Waals surface area (Å²) in [6.07, 6.45) is 35.2. The van der Waals surface area contributed by atoms with Crippen LogP contribution in [0.3, 0.4) is 0 Å². The summed E-state index contributed by atoms with van der Waals surface area (Å²) in [5.41, 5.74) is 2.12. The molecule has 194 valence electrons. The molecule has 34 heavy (non-hydrogen) atoms. The molecule has 6 aliphatic rings. The van der Waals surface area contributed by atoms with Crippen molar-refractivity contribution in [3.8, 4) is 0 Å². The lowest BCUT2D eigenvalue weighted by atomic mass is 9.76. The molecule has 4 unspecified atom stereocenters. The van der Waals surface area contributed by atoms with Crippen molar-refractivity contribution in [2.75, 3.05) is 12.3 Å². The Labute approximate surface area is 215 Å². The van der Waals surface area contributed by atoms with Gasteiger partial charge in [0.15, 0.2) is 0 Å². The van der Waals surface area contributed by atoms with Crippen LogP contribution in [0, 0.1) is 23.7 Å². The predicted molar refractivity (Wildman–Crippen MR) is 154 cm³/mol. The molecular formula is C32H56P2. The normalized spacial score (nSPS) is 37.2. The van der Waals surface area contributed by atoms with E-state index in [4.69, 9.17) is 0 Å². The van der Waals surface area contributed by atoms with Crippen LogP contribution in [0.25, 0.3) is 0 Å². The maximum atomic E-state index is 2.86. The van der Waals surface area contributed by atoms with E-state index in [1.807, 2.05) is 0 Å². The average molecular weight is 503 g/mol. The van der Waals surface area contributed by atoms with E-state index in [0.717, 1.165) is 45.3 Å². The van der Waals surface area contributed by atoms with Gasteiger partial charge in [-0.1, -0.05) is 81.1 Å². The summed E-state index contributed by atoms with van der Waals surface area (Å²) in [6.45, 7) is 5.71.